The van der Waals surface area contributed by atoms with Crippen molar-refractivity contribution in [2.24, 2.45) is 0 Å². The topological polar surface area (TPSA) is 52.6 Å². The molecule has 13 heavy (non-hydrogen) atoms. The van der Waals surface area contributed by atoms with Crippen LogP contribution in [0.4, 0.5) is 0 Å². The van der Waals surface area contributed by atoms with Crippen molar-refractivity contribution < 1.29 is 9.90 Å². The van der Waals surface area contributed by atoms with Gasteiger partial charge in [0.05, 0.1) is 0 Å². The molecule has 0 radical (unpaired) electrons. The second-order valence-electron chi connectivity index (χ2n) is 3.33. The van der Waals surface area contributed by atoms with Gasteiger partial charge in [-0.2, -0.15) is 0 Å². The molecule has 4 heteroatoms. The maximum atomic E-state index is 10.1. The SMILES string of the molecule is CC(CCN(C)C)N/C=C/C(=O)O. The van der Waals surface area contributed by atoms with Gasteiger partial charge in [0.1, 0.15) is 0 Å². The Bertz CT molecular complexity index is 178. The molecule has 0 heterocycles. The van der Waals surface area contributed by atoms with Crippen LogP contribution in [0.1, 0.15) is 13.3 Å². The van der Waals surface area contributed by atoms with Crippen LogP contribution in [0.15, 0.2) is 12.3 Å². The number of aliphatic carboxylic acids is 1. The molecular weight excluding hydrogens is 168 g/mol. The summed E-state index contributed by atoms with van der Waals surface area (Å²) in [6, 6.07) is 0.304. The van der Waals surface area contributed by atoms with Gasteiger partial charge in [-0.1, -0.05) is 0 Å². The monoisotopic (exact) mass is 186 g/mol. The molecule has 1 atom stereocenters. The highest BCUT2D eigenvalue weighted by atomic mass is 16.4. The summed E-state index contributed by atoms with van der Waals surface area (Å²) in [5.74, 6) is -0.924. The maximum absolute atomic E-state index is 10.1. The van der Waals surface area contributed by atoms with Crippen LogP contribution in [0, 0.1) is 0 Å². The number of nitrogens with one attached hydrogen (secondary N) is 1. The van der Waals surface area contributed by atoms with Gasteiger partial charge in [0.2, 0.25) is 0 Å². The van der Waals surface area contributed by atoms with E-state index in [2.05, 4.69) is 10.2 Å². The highest BCUT2D eigenvalue weighted by Crippen LogP contribution is 1.91. The molecule has 4 nitrogen and oxygen atoms in total. The normalized spacial score (nSPS) is 13.5. The molecule has 0 aromatic carbocycles. The summed E-state index contributed by atoms with van der Waals surface area (Å²) >= 11 is 0. The van der Waals surface area contributed by atoms with E-state index in [-0.39, 0.29) is 0 Å². The number of hydrogen-bond acceptors (Lipinski definition) is 3. The average molecular weight is 186 g/mol. The molecule has 0 bridgehead atoms. The van der Waals surface area contributed by atoms with Crippen molar-refractivity contribution in [3.05, 3.63) is 12.3 Å². The Kier molecular flexibility index (Phi) is 5.97. The molecule has 0 saturated carbocycles. The van der Waals surface area contributed by atoms with Crippen molar-refractivity contribution in [3.8, 4) is 0 Å². The molecule has 0 aromatic rings. The van der Waals surface area contributed by atoms with Crippen molar-refractivity contribution in [2.75, 3.05) is 20.6 Å². The summed E-state index contributed by atoms with van der Waals surface area (Å²) in [7, 11) is 4.03. The van der Waals surface area contributed by atoms with Crippen molar-refractivity contribution >= 4 is 5.97 Å². The summed E-state index contributed by atoms with van der Waals surface area (Å²) in [4.78, 5) is 12.2. The third-order valence-corrected chi connectivity index (χ3v) is 1.62. The predicted molar refractivity (Wildman–Crippen MR) is 52.5 cm³/mol. The van der Waals surface area contributed by atoms with Gasteiger partial charge in [-0.15, -0.1) is 0 Å². The number of carboxylic acid groups (broad SMARTS) is 1. The number of carbonyl (C=O) groups is 1. The lowest BCUT2D eigenvalue weighted by Gasteiger charge is -2.14. The van der Waals surface area contributed by atoms with Crippen LogP contribution in [0.25, 0.3) is 0 Å². The van der Waals surface area contributed by atoms with Gasteiger partial charge in [-0.05, 0) is 34.0 Å². The molecule has 0 rings (SSSR count). The Morgan fingerprint density at radius 3 is 2.69 bits per heavy atom. The molecule has 0 aromatic heterocycles. The minimum Gasteiger partial charge on any atom is -0.478 e. The Hall–Kier alpha value is -1.03. The van der Waals surface area contributed by atoms with Gasteiger partial charge in [-0.3, -0.25) is 0 Å². The molecule has 0 aliphatic heterocycles. The molecule has 0 spiro atoms. The molecule has 0 amide bonds. The van der Waals surface area contributed by atoms with Gasteiger partial charge in [0.15, 0.2) is 0 Å². The van der Waals surface area contributed by atoms with Crippen LogP contribution < -0.4 is 5.32 Å². The summed E-state index contributed by atoms with van der Waals surface area (Å²) in [6.07, 6.45) is 3.58. The fourth-order valence-corrected chi connectivity index (χ4v) is 0.819. The first kappa shape index (κ1) is 12.0. The quantitative estimate of drug-likeness (QED) is 0.594. The van der Waals surface area contributed by atoms with Gasteiger partial charge in [0.25, 0.3) is 0 Å². The molecule has 1 unspecified atom stereocenters. The molecule has 0 fully saturated rings. The van der Waals surface area contributed by atoms with Crippen LogP contribution in [0.2, 0.25) is 0 Å². The lowest BCUT2D eigenvalue weighted by Crippen LogP contribution is -2.26. The number of hydrogen-bond donors (Lipinski definition) is 2. The molecule has 0 saturated heterocycles. The minimum absolute atomic E-state index is 0.304. The lowest BCUT2D eigenvalue weighted by atomic mass is 10.2. The Labute approximate surface area is 79.2 Å². The molecule has 76 valence electrons. The van der Waals surface area contributed by atoms with E-state index in [1.165, 1.54) is 6.20 Å². The van der Waals surface area contributed by atoms with Crippen LogP contribution in [-0.2, 0) is 4.79 Å². The first-order valence-corrected chi connectivity index (χ1v) is 4.32. The van der Waals surface area contributed by atoms with Crippen LogP contribution >= 0.6 is 0 Å². The maximum Gasteiger partial charge on any atom is 0.329 e. The number of nitrogens with zero attached hydrogens (tertiary/aromatic N) is 1. The lowest BCUT2D eigenvalue weighted by molar-refractivity contribution is -0.131. The highest BCUT2D eigenvalue weighted by molar-refractivity contribution is 5.79. The van der Waals surface area contributed by atoms with Crippen LogP contribution in [0.5, 0.6) is 0 Å². The number of rotatable bonds is 6. The average Bonchev–Trinajstić information content (AvgIpc) is 2.00. The third-order valence-electron chi connectivity index (χ3n) is 1.62. The minimum atomic E-state index is -0.924. The Balaban J connectivity index is 3.51. The van der Waals surface area contributed by atoms with Gasteiger partial charge in [0, 0.05) is 18.3 Å². The van der Waals surface area contributed by atoms with E-state index in [0.29, 0.717) is 6.04 Å². The summed E-state index contributed by atoms with van der Waals surface area (Å²) in [5.41, 5.74) is 0. The summed E-state index contributed by atoms with van der Waals surface area (Å²) in [6.45, 7) is 3.02. The van der Waals surface area contributed by atoms with Crippen LogP contribution in [-0.4, -0.2) is 42.7 Å². The first-order chi connectivity index (χ1) is 6.02. The Morgan fingerprint density at radius 1 is 1.62 bits per heavy atom. The second kappa shape index (κ2) is 6.48. The van der Waals surface area contributed by atoms with Gasteiger partial charge >= 0.3 is 5.97 Å². The predicted octanol–water partition coefficient (Wildman–Crippen LogP) is 0.514. The fourth-order valence-electron chi connectivity index (χ4n) is 0.819. The Morgan fingerprint density at radius 2 is 2.23 bits per heavy atom. The van der Waals surface area contributed by atoms with Crippen molar-refractivity contribution in [2.45, 2.75) is 19.4 Å². The fraction of sp³-hybridized carbons (Fsp3) is 0.667. The zero-order valence-electron chi connectivity index (χ0n) is 8.45. The van der Waals surface area contributed by atoms with E-state index in [1.807, 2.05) is 21.0 Å². The van der Waals surface area contributed by atoms with E-state index < -0.39 is 5.97 Å². The van der Waals surface area contributed by atoms with Crippen molar-refractivity contribution in [1.82, 2.24) is 10.2 Å². The second-order valence-corrected chi connectivity index (χ2v) is 3.33. The van der Waals surface area contributed by atoms with Crippen LogP contribution in [0.3, 0.4) is 0 Å². The molecule has 2 N–H and O–H groups in total. The van der Waals surface area contributed by atoms with E-state index in [9.17, 15) is 4.79 Å². The zero-order chi connectivity index (χ0) is 10.3. The van der Waals surface area contributed by atoms with E-state index in [1.54, 1.807) is 0 Å². The zero-order valence-corrected chi connectivity index (χ0v) is 8.45. The first-order valence-electron chi connectivity index (χ1n) is 4.32. The van der Waals surface area contributed by atoms with E-state index >= 15 is 0 Å². The largest absolute Gasteiger partial charge is 0.478 e. The molecular formula is C9H18N2O2. The summed E-state index contributed by atoms with van der Waals surface area (Å²) in [5, 5.41) is 11.3. The number of carboxylic acids is 1. The van der Waals surface area contributed by atoms with Gasteiger partial charge in [-0.25, -0.2) is 4.79 Å². The molecule has 0 aliphatic rings. The smallest absolute Gasteiger partial charge is 0.329 e. The van der Waals surface area contributed by atoms with Crippen molar-refractivity contribution in [3.63, 3.8) is 0 Å². The van der Waals surface area contributed by atoms with E-state index in [0.717, 1.165) is 19.0 Å². The highest BCUT2D eigenvalue weighted by Gasteiger charge is 1.98. The standard InChI is InChI=1S/C9H18N2O2/c1-8(5-7-11(2)3)10-6-4-9(12)13/h4,6,8,10H,5,7H2,1-3H3,(H,12,13)/b6-4+. The molecule has 0 aliphatic carbocycles. The van der Waals surface area contributed by atoms with Crippen molar-refractivity contribution in [1.29, 1.82) is 0 Å². The third kappa shape index (κ3) is 8.88. The van der Waals surface area contributed by atoms with Gasteiger partial charge < -0.3 is 15.3 Å². The summed E-state index contributed by atoms with van der Waals surface area (Å²) < 4.78 is 0. The van der Waals surface area contributed by atoms with E-state index in [4.69, 9.17) is 5.11 Å².